The van der Waals surface area contributed by atoms with Gasteiger partial charge in [0, 0.05) is 29.3 Å². The van der Waals surface area contributed by atoms with Crippen molar-refractivity contribution in [2.75, 3.05) is 23.7 Å². The molecule has 0 aromatic heterocycles. The molecule has 0 amide bonds. The third kappa shape index (κ3) is 2.92. The van der Waals surface area contributed by atoms with Crippen LogP contribution in [0, 0.1) is 0 Å². The van der Waals surface area contributed by atoms with Crippen LogP contribution in [0.25, 0.3) is 0 Å². The van der Waals surface area contributed by atoms with Gasteiger partial charge in [0.25, 0.3) is 0 Å². The van der Waals surface area contributed by atoms with Gasteiger partial charge in [-0.1, -0.05) is 29.9 Å². The van der Waals surface area contributed by atoms with Crippen molar-refractivity contribution in [3.8, 4) is 0 Å². The minimum Gasteiger partial charge on any atom is -0.389 e. The normalized spacial score (nSPS) is 18.7. The second kappa shape index (κ2) is 5.27. The van der Waals surface area contributed by atoms with E-state index in [0.29, 0.717) is 10.0 Å². The molecule has 2 N–H and O–H groups in total. The molecule has 1 saturated heterocycles. The zero-order chi connectivity index (χ0) is 13.3. The number of thioether (sulfide) groups is 1. The van der Waals surface area contributed by atoms with Gasteiger partial charge in [0.2, 0.25) is 0 Å². The third-order valence-corrected chi connectivity index (χ3v) is 4.82. The SMILES string of the molecule is CC1(C)CN(c2cccc(Cl)c2C(N)=S)CCS1. The van der Waals surface area contributed by atoms with E-state index < -0.39 is 0 Å². The van der Waals surface area contributed by atoms with E-state index in [1.54, 1.807) is 0 Å². The van der Waals surface area contributed by atoms with Gasteiger partial charge in [-0.25, -0.2) is 0 Å². The van der Waals surface area contributed by atoms with E-state index in [1.165, 1.54) is 0 Å². The summed E-state index contributed by atoms with van der Waals surface area (Å²) in [6.07, 6.45) is 0. The van der Waals surface area contributed by atoms with Crippen molar-refractivity contribution in [3.63, 3.8) is 0 Å². The summed E-state index contributed by atoms with van der Waals surface area (Å²) in [6, 6.07) is 5.84. The molecule has 2 nitrogen and oxygen atoms in total. The van der Waals surface area contributed by atoms with Crippen molar-refractivity contribution >= 4 is 46.3 Å². The van der Waals surface area contributed by atoms with Gasteiger partial charge in [-0.3, -0.25) is 0 Å². The van der Waals surface area contributed by atoms with Gasteiger partial charge >= 0.3 is 0 Å². The van der Waals surface area contributed by atoms with Crippen molar-refractivity contribution < 1.29 is 0 Å². The number of hydrogen-bond acceptors (Lipinski definition) is 3. The Labute approximate surface area is 123 Å². The van der Waals surface area contributed by atoms with Crippen LogP contribution >= 0.6 is 35.6 Å². The monoisotopic (exact) mass is 300 g/mol. The Bertz CT molecular complexity index is 474. The Morgan fingerprint density at radius 3 is 2.83 bits per heavy atom. The Balaban J connectivity index is 2.39. The summed E-state index contributed by atoms with van der Waals surface area (Å²) in [5, 5.41) is 0.635. The zero-order valence-corrected chi connectivity index (χ0v) is 13.0. The van der Waals surface area contributed by atoms with Crippen LogP contribution in [-0.2, 0) is 0 Å². The van der Waals surface area contributed by atoms with Crippen LogP contribution in [0.2, 0.25) is 5.02 Å². The fourth-order valence-corrected chi connectivity index (χ4v) is 3.90. The molecule has 0 aliphatic carbocycles. The van der Waals surface area contributed by atoms with E-state index in [-0.39, 0.29) is 4.75 Å². The van der Waals surface area contributed by atoms with Gasteiger partial charge < -0.3 is 10.6 Å². The number of rotatable bonds is 2. The highest BCUT2D eigenvalue weighted by molar-refractivity contribution is 8.00. The van der Waals surface area contributed by atoms with E-state index >= 15 is 0 Å². The molecule has 18 heavy (non-hydrogen) atoms. The second-order valence-electron chi connectivity index (χ2n) is 5.03. The molecule has 0 unspecified atom stereocenters. The number of thiocarbonyl (C=S) groups is 1. The molecule has 0 spiro atoms. The maximum atomic E-state index is 6.22. The summed E-state index contributed by atoms with van der Waals surface area (Å²) in [6.45, 7) is 6.50. The van der Waals surface area contributed by atoms with Gasteiger partial charge in [-0.2, -0.15) is 11.8 Å². The molecule has 1 heterocycles. The van der Waals surface area contributed by atoms with Gasteiger partial charge in [0.05, 0.1) is 10.6 Å². The van der Waals surface area contributed by atoms with Crippen LogP contribution in [0.3, 0.4) is 0 Å². The molecule has 0 saturated carbocycles. The van der Waals surface area contributed by atoms with Crippen LogP contribution in [0.1, 0.15) is 19.4 Å². The average molecular weight is 301 g/mol. The van der Waals surface area contributed by atoms with Gasteiger partial charge in [0.15, 0.2) is 0 Å². The predicted molar refractivity (Wildman–Crippen MR) is 86.1 cm³/mol. The average Bonchev–Trinajstić information content (AvgIpc) is 2.26. The first-order valence-corrected chi connectivity index (χ1v) is 7.65. The summed E-state index contributed by atoms with van der Waals surface area (Å²) in [4.78, 5) is 2.70. The first-order chi connectivity index (χ1) is 8.41. The molecule has 1 aliphatic heterocycles. The number of benzene rings is 1. The lowest BCUT2D eigenvalue weighted by Gasteiger charge is -2.39. The van der Waals surface area contributed by atoms with Crippen molar-refractivity contribution in [1.82, 2.24) is 0 Å². The lowest BCUT2D eigenvalue weighted by Crippen LogP contribution is -2.43. The standard InChI is InChI=1S/C13H17ClN2S2/c1-13(2)8-16(6-7-18-13)10-5-3-4-9(14)11(10)12(15)17/h3-5H,6-8H2,1-2H3,(H2,15,17). The number of nitrogens with zero attached hydrogens (tertiary/aromatic N) is 1. The summed E-state index contributed by atoms with van der Waals surface area (Å²) in [5.74, 6) is 1.11. The fourth-order valence-electron chi connectivity index (χ4n) is 2.24. The summed E-state index contributed by atoms with van der Waals surface area (Å²) >= 11 is 13.3. The molecule has 0 atom stereocenters. The van der Waals surface area contributed by atoms with Gasteiger partial charge in [-0.05, 0) is 26.0 Å². The van der Waals surface area contributed by atoms with E-state index in [0.717, 1.165) is 30.1 Å². The third-order valence-electron chi connectivity index (χ3n) is 3.00. The lowest BCUT2D eigenvalue weighted by atomic mass is 10.1. The summed E-state index contributed by atoms with van der Waals surface area (Å²) in [7, 11) is 0. The highest BCUT2D eigenvalue weighted by Gasteiger charge is 2.28. The molecule has 5 heteroatoms. The van der Waals surface area contributed by atoms with E-state index in [1.807, 2.05) is 30.0 Å². The topological polar surface area (TPSA) is 29.3 Å². The minimum atomic E-state index is 0.244. The molecule has 2 rings (SSSR count). The van der Waals surface area contributed by atoms with Crippen LogP contribution in [-0.4, -0.2) is 28.6 Å². The molecule has 98 valence electrons. The summed E-state index contributed by atoms with van der Waals surface area (Å²) < 4.78 is 0.244. The smallest absolute Gasteiger partial charge is 0.107 e. The molecule has 1 aromatic carbocycles. The van der Waals surface area contributed by atoms with Crippen LogP contribution in [0.4, 0.5) is 5.69 Å². The lowest BCUT2D eigenvalue weighted by molar-refractivity contribution is 0.647. The van der Waals surface area contributed by atoms with E-state index in [2.05, 4.69) is 18.7 Å². The van der Waals surface area contributed by atoms with Crippen LogP contribution in [0.15, 0.2) is 18.2 Å². The van der Waals surface area contributed by atoms with Crippen molar-refractivity contribution in [1.29, 1.82) is 0 Å². The van der Waals surface area contributed by atoms with Crippen LogP contribution < -0.4 is 10.6 Å². The maximum absolute atomic E-state index is 6.22. The number of halogens is 1. The fraction of sp³-hybridized carbons (Fsp3) is 0.462. The summed E-state index contributed by atoms with van der Waals surface area (Å²) in [5.41, 5.74) is 7.67. The molecule has 1 fully saturated rings. The Morgan fingerprint density at radius 2 is 2.22 bits per heavy atom. The molecule has 0 bridgehead atoms. The van der Waals surface area contributed by atoms with E-state index in [4.69, 9.17) is 29.6 Å². The Kier molecular flexibility index (Phi) is 4.09. The highest BCUT2D eigenvalue weighted by atomic mass is 35.5. The van der Waals surface area contributed by atoms with Gasteiger partial charge in [0.1, 0.15) is 4.99 Å². The first kappa shape index (κ1) is 14.0. The van der Waals surface area contributed by atoms with Crippen molar-refractivity contribution in [2.24, 2.45) is 5.73 Å². The van der Waals surface area contributed by atoms with Crippen molar-refractivity contribution in [3.05, 3.63) is 28.8 Å². The zero-order valence-electron chi connectivity index (χ0n) is 10.6. The first-order valence-electron chi connectivity index (χ1n) is 5.88. The molecule has 1 aromatic rings. The highest BCUT2D eigenvalue weighted by Crippen LogP contribution is 2.35. The minimum absolute atomic E-state index is 0.244. The van der Waals surface area contributed by atoms with Crippen LogP contribution in [0.5, 0.6) is 0 Å². The molecule has 0 radical (unpaired) electrons. The molecular formula is C13H17ClN2S2. The largest absolute Gasteiger partial charge is 0.389 e. The predicted octanol–water partition coefficient (Wildman–Crippen LogP) is 3.31. The molecule has 1 aliphatic rings. The maximum Gasteiger partial charge on any atom is 0.107 e. The number of hydrogen-bond donors (Lipinski definition) is 1. The number of nitrogens with two attached hydrogens (primary N) is 1. The van der Waals surface area contributed by atoms with Gasteiger partial charge in [-0.15, -0.1) is 0 Å². The second-order valence-corrected chi connectivity index (χ2v) is 7.68. The van der Waals surface area contributed by atoms with Crippen molar-refractivity contribution in [2.45, 2.75) is 18.6 Å². The molecular weight excluding hydrogens is 284 g/mol. The Morgan fingerprint density at radius 1 is 1.50 bits per heavy atom. The van der Waals surface area contributed by atoms with E-state index in [9.17, 15) is 0 Å². The quantitative estimate of drug-likeness (QED) is 0.849. The Hall–Kier alpha value is -0.450. The number of anilines is 1.